The number of esters is 1. The number of rotatable bonds is 6. The number of benzene rings is 1. The van der Waals surface area contributed by atoms with Crippen molar-refractivity contribution in [3.8, 4) is 0 Å². The van der Waals surface area contributed by atoms with E-state index in [0.29, 0.717) is 13.0 Å². The van der Waals surface area contributed by atoms with Crippen LogP contribution in [0.15, 0.2) is 24.3 Å². The van der Waals surface area contributed by atoms with Crippen LogP contribution in [0.1, 0.15) is 51.5 Å². The van der Waals surface area contributed by atoms with Gasteiger partial charge in [-0.3, -0.25) is 14.4 Å². The average molecular weight is 386 g/mol. The first kappa shape index (κ1) is 20.4. The van der Waals surface area contributed by atoms with Crippen LogP contribution in [0.4, 0.5) is 5.69 Å². The molecule has 1 saturated carbocycles. The van der Waals surface area contributed by atoms with Gasteiger partial charge in [-0.25, -0.2) is 0 Å². The van der Waals surface area contributed by atoms with E-state index >= 15 is 0 Å². The number of amides is 2. The Morgan fingerprint density at radius 2 is 1.86 bits per heavy atom. The van der Waals surface area contributed by atoms with Crippen molar-refractivity contribution in [3.63, 3.8) is 0 Å². The van der Waals surface area contributed by atoms with Crippen molar-refractivity contribution in [3.05, 3.63) is 29.8 Å². The maximum Gasteiger partial charge on any atom is 0.307 e. The van der Waals surface area contributed by atoms with E-state index in [1.165, 1.54) is 5.56 Å². The molecule has 2 amide bonds. The first-order valence-corrected chi connectivity index (χ1v) is 10.3. The molecular formula is C22H30N2O4. The van der Waals surface area contributed by atoms with E-state index in [9.17, 15) is 14.4 Å². The fourth-order valence-corrected chi connectivity index (χ4v) is 4.25. The van der Waals surface area contributed by atoms with E-state index in [1.54, 1.807) is 13.8 Å². The van der Waals surface area contributed by atoms with Crippen molar-refractivity contribution >= 4 is 23.5 Å². The summed E-state index contributed by atoms with van der Waals surface area (Å²) < 4.78 is 5.09. The lowest BCUT2D eigenvalue weighted by atomic mass is 9.77. The summed E-state index contributed by atoms with van der Waals surface area (Å²) >= 11 is 0. The first-order valence-electron chi connectivity index (χ1n) is 10.3. The van der Waals surface area contributed by atoms with Crippen LogP contribution < -0.4 is 10.2 Å². The van der Waals surface area contributed by atoms with E-state index in [-0.39, 0.29) is 48.7 Å². The van der Waals surface area contributed by atoms with Crippen LogP contribution in [-0.4, -0.2) is 37.0 Å². The molecule has 3 rings (SSSR count). The lowest BCUT2D eigenvalue weighted by Gasteiger charge is -2.32. The number of carbonyl (C=O) groups excluding carboxylic acids is 3. The highest BCUT2D eigenvalue weighted by molar-refractivity contribution is 5.99. The number of carbonyl (C=O) groups is 3. The van der Waals surface area contributed by atoms with E-state index in [1.807, 2.05) is 23.1 Å². The number of nitrogens with one attached hydrogen (secondary N) is 1. The number of nitrogens with zero attached hydrogens (tertiary/aromatic N) is 1. The minimum atomic E-state index is -0.324. The third kappa shape index (κ3) is 4.72. The van der Waals surface area contributed by atoms with Gasteiger partial charge in [0.2, 0.25) is 11.8 Å². The van der Waals surface area contributed by atoms with Gasteiger partial charge in [-0.1, -0.05) is 31.0 Å². The lowest BCUT2D eigenvalue weighted by molar-refractivity contribution is -0.147. The Balaban J connectivity index is 1.60. The lowest BCUT2D eigenvalue weighted by Crippen LogP contribution is -2.45. The summed E-state index contributed by atoms with van der Waals surface area (Å²) in [4.78, 5) is 39.5. The normalized spacial score (nSPS) is 21.3. The Morgan fingerprint density at radius 1 is 1.14 bits per heavy atom. The summed E-state index contributed by atoms with van der Waals surface area (Å²) in [5.74, 6) is -0.996. The first-order chi connectivity index (χ1) is 13.5. The third-order valence-electron chi connectivity index (χ3n) is 5.57. The highest BCUT2D eigenvalue weighted by Crippen LogP contribution is 2.35. The van der Waals surface area contributed by atoms with Crippen LogP contribution in [0.3, 0.4) is 0 Å². The maximum atomic E-state index is 13.3. The summed E-state index contributed by atoms with van der Waals surface area (Å²) in [6, 6.07) is 7.99. The molecule has 28 heavy (non-hydrogen) atoms. The predicted octanol–water partition coefficient (Wildman–Crippen LogP) is 2.84. The smallest absolute Gasteiger partial charge is 0.307 e. The molecule has 0 bridgehead atoms. The number of para-hydroxylation sites is 1. The molecule has 0 spiro atoms. The molecule has 2 atom stereocenters. The quantitative estimate of drug-likeness (QED) is 0.763. The second-order valence-corrected chi connectivity index (χ2v) is 7.95. The molecule has 1 N–H and O–H groups in total. The van der Waals surface area contributed by atoms with Gasteiger partial charge in [0.1, 0.15) is 0 Å². The van der Waals surface area contributed by atoms with Crippen molar-refractivity contribution in [1.82, 2.24) is 5.32 Å². The summed E-state index contributed by atoms with van der Waals surface area (Å²) in [5.41, 5.74) is 2.17. The summed E-state index contributed by atoms with van der Waals surface area (Å²) in [5, 5.41) is 2.84. The van der Waals surface area contributed by atoms with Crippen LogP contribution in [0, 0.1) is 11.8 Å². The molecule has 1 aromatic carbocycles. The van der Waals surface area contributed by atoms with Gasteiger partial charge in [0, 0.05) is 24.7 Å². The van der Waals surface area contributed by atoms with Crippen molar-refractivity contribution < 1.29 is 19.1 Å². The molecule has 0 radical (unpaired) electrons. The molecule has 6 heteroatoms. The maximum absolute atomic E-state index is 13.3. The van der Waals surface area contributed by atoms with Crippen molar-refractivity contribution in [2.75, 3.05) is 18.0 Å². The summed E-state index contributed by atoms with van der Waals surface area (Å²) in [7, 11) is 0. The minimum absolute atomic E-state index is 0.0593. The van der Waals surface area contributed by atoms with Gasteiger partial charge in [-0.05, 0) is 44.7 Å². The van der Waals surface area contributed by atoms with E-state index < -0.39 is 0 Å². The topological polar surface area (TPSA) is 75.7 Å². The Morgan fingerprint density at radius 3 is 2.61 bits per heavy atom. The van der Waals surface area contributed by atoms with Gasteiger partial charge in [-0.15, -0.1) is 0 Å². The molecule has 0 aromatic heterocycles. The molecular weight excluding hydrogens is 356 g/mol. The summed E-state index contributed by atoms with van der Waals surface area (Å²) in [6.45, 7) is 4.52. The number of hydrogen-bond acceptors (Lipinski definition) is 4. The molecule has 2 aliphatic rings. The van der Waals surface area contributed by atoms with Gasteiger partial charge in [0.15, 0.2) is 0 Å². The molecule has 152 valence electrons. The average Bonchev–Trinajstić information content (AvgIpc) is 3.11. The van der Waals surface area contributed by atoms with Crippen LogP contribution in [-0.2, 0) is 25.5 Å². The Hall–Kier alpha value is -2.37. The number of hydrogen-bond donors (Lipinski definition) is 1. The fourth-order valence-electron chi connectivity index (χ4n) is 4.25. The van der Waals surface area contributed by atoms with Crippen LogP contribution in [0.5, 0.6) is 0 Å². The molecule has 2 unspecified atom stereocenters. The molecule has 1 fully saturated rings. The largest absolute Gasteiger partial charge is 0.463 e. The number of ether oxygens (including phenoxy) is 1. The van der Waals surface area contributed by atoms with Gasteiger partial charge in [0.25, 0.3) is 0 Å². The zero-order valence-electron chi connectivity index (χ0n) is 16.8. The molecule has 1 aromatic rings. The van der Waals surface area contributed by atoms with Crippen LogP contribution >= 0.6 is 0 Å². The van der Waals surface area contributed by atoms with Crippen molar-refractivity contribution in [2.45, 2.75) is 58.5 Å². The Labute approximate surface area is 166 Å². The Bertz CT molecular complexity index is 731. The van der Waals surface area contributed by atoms with Gasteiger partial charge in [0.05, 0.1) is 18.4 Å². The van der Waals surface area contributed by atoms with Crippen molar-refractivity contribution in [1.29, 1.82) is 0 Å². The number of fused-ring (bicyclic) bond motifs is 1. The SMILES string of the molecule is CC(C)OC(=O)CCNC(=O)C1CCCCC1C(=O)N1CCc2ccccc21. The van der Waals surface area contributed by atoms with E-state index in [2.05, 4.69) is 11.4 Å². The molecule has 1 heterocycles. The molecule has 1 aliphatic carbocycles. The molecule has 6 nitrogen and oxygen atoms in total. The second kappa shape index (κ2) is 9.22. The monoisotopic (exact) mass is 386 g/mol. The van der Waals surface area contributed by atoms with Gasteiger partial charge in [-0.2, -0.15) is 0 Å². The highest BCUT2D eigenvalue weighted by atomic mass is 16.5. The van der Waals surface area contributed by atoms with Crippen LogP contribution in [0.25, 0.3) is 0 Å². The molecule has 0 saturated heterocycles. The molecule has 1 aliphatic heterocycles. The standard InChI is InChI=1S/C22H30N2O4/c1-15(2)28-20(25)11-13-23-21(26)17-8-4-5-9-18(17)22(27)24-14-12-16-7-3-6-10-19(16)24/h3,6-7,10,15,17-18H,4-5,8-9,11-14H2,1-2H3,(H,23,26). The minimum Gasteiger partial charge on any atom is -0.463 e. The zero-order valence-corrected chi connectivity index (χ0v) is 16.8. The Kier molecular flexibility index (Phi) is 6.70. The second-order valence-electron chi connectivity index (χ2n) is 7.95. The third-order valence-corrected chi connectivity index (χ3v) is 5.57. The van der Waals surface area contributed by atoms with Crippen molar-refractivity contribution in [2.24, 2.45) is 11.8 Å². The summed E-state index contributed by atoms with van der Waals surface area (Å²) in [6.07, 6.45) is 4.23. The predicted molar refractivity (Wildman–Crippen MR) is 107 cm³/mol. The van der Waals surface area contributed by atoms with E-state index in [0.717, 1.165) is 31.4 Å². The highest BCUT2D eigenvalue weighted by Gasteiger charge is 2.39. The number of anilines is 1. The van der Waals surface area contributed by atoms with Gasteiger partial charge >= 0.3 is 5.97 Å². The van der Waals surface area contributed by atoms with Gasteiger partial charge < -0.3 is 15.0 Å². The van der Waals surface area contributed by atoms with E-state index in [4.69, 9.17) is 4.74 Å². The zero-order chi connectivity index (χ0) is 20.1. The van der Waals surface area contributed by atoms with Crippen LogP contribution in [0.2, 0.25) is 0 Å². The fraction of sp³-hybridized carbons (Fsp3) is 0.591.